The lowest BCUT2D eigenvalue weighted by atomic mass is 10.0. The number of benzodiazepines with no additional fused rings is 1. The van der Waals surface area contributed by atoms with Crippen LogP contribution in [0.2, 0.25) is 0 Å². The van der Waals surface area contributed by atoms with Crippen molar-refractivity contribution in [3.05, 3.63) is 101 Å². The normalized spacial score (nSPS) is 15.9. The van der Waals surface area contributed by atoms with Crippen molar-refractivity contribution in [1.82, 2.24) is 5.32 Å². The van der Waals surface area contributed by atoms with Crippen molar-refractivity contribution in [3.8, 4) is 0 Å². The average molecular weight is 439 g/mol. The van der Waals surface area contributed by atoms with Crippen molar-refractivity contribution < 1.29 is 18.0 Å². The summed E-state index contributed by atoms with van der Waals surface area (Å²) in [5, 5.41) is 5.61. The smallest absolute Gasteiger partial charge is 0.347 e. The Bertz CT molecular complexity index is 1180. The maximum atomic E-state index is 13.0. The molecule has 0 aromatic heterocycles. The predicted molar refractivity (Wildman–Crippen MR) is 117 cm³/mol. The molecule has 0 radical (unpaired) electrons. The molecule has 3 aromatic rings. The number of carbonyl (C=O) groups is 1. The molecule has 0 saturated carbocycles. The van der Waals surface area contributed by atoms with E-state index in [2.05, 4.69) is 15.6 Å². The van der Waals surface area contributed by atoms with Gasteiger partial charge >= 0.3 is 6.18 Å². The van der Waals surface area contributed by atoms with Crippen LogP contribution in [0.25, 0.3) is 0 Å². The van der Waals surface area contributed by atoms with Crippen LogP contribution < -0.4 is 10.6 Å². The van der Waals surface area contributed by atoms with E-state index in [9.17, 15) is 18.0 Å². The van der Waals surface area contributed by atoms with Gasteiger partial charge in [-0.3, -0.25) is 4.79 Å². The van der Waals surface area contributed by atoms with Crippen molar-refractivity contribution >= 4 is 34.5 Å². The highest BCUT2D eigenvalue weighted by Crippen LogP contribution is 2.30. The summed E-state index contributed by atoms with van der Waals surface area (Å²) in [7, 11) is 0. The third-order valence-corrected chi connectivity index (χ3v) is 5.07. The molecule has 0 aliphatic carbocycles. The first kappa shape index (κ1) is 20.7. The van der Waals surface area contributed by atoms with Gasteiger partial charge in [-0.25, -0.2) is 4.99 Å². The standard InChI is InChI=1S/C23H16F3N3OS/c24-23(25,26)16-10-6-9-15(13-16)22(31)29-20-21(30)27-18-12-5-4-11-17(18)19(28-20)14-7-2-1-3-8-14/h1-13,20H,(H,27,30)(H,29,31). The van der Waals surface area contributed by atoms with Crippen LogP contribution in [0.3, 0.4) is 0 Å². The van der Waals surface area contributed by atoms with Crippen molar-refractivity contribution in [2.45, 2.75) is 12.3 Å². The molecule has 1 atom stereocenters. The molecule has 0 saturated heterocycles. The van der Waals surface area contributed by atoms with E-state index in [0.29, 0.717) is 11.4 Å². The van der Waals surface area contributed by atoms with Crippen LogP contribution in [0.4, 0.5) is 18.9 Å². The second-order valence-corrected chi connectivity index (χ2v) is 7.24. The Morgan fingerprint density at radius 2 is 1.68 bits per heavy atom. The zero-order chi connectivity index (χ0) is 22.0. The number of thiocarbonyl (C=S) groups is 1. The van der Waals surface area contributed by atoms with Gasteiger partial charge in [-0.2, -0.15) is 13.2 Å². The Morgan fingerprint density at radius 1 is 0.968 bits per heavy atom. The van der Waals surface area contributed by atoms with Gasteiger partial charge in [0.25, 0.3) is 5.91 Å². The van der Waals surface area contributed by atoms with Gasteiger partial charge < -0.3 is 10.6 Å². The van der Waals surface area contributed by atoms with Crippen LogP contribution >= 0.6 is 12.2 Å². The number of fused-ring (bicyclic) bond motifs is 1. The number of amides is 1. The minimum atomic E-state index is -4.49. The summed E-state index contributed by atoms with van der Waals surface area (Å²) in [4.78, 5) is 17.4. The summed E-state index contributed by atoms with van der Waals surface area (Å²) < 4.78 is 39.1. The summed E-state index contributed by atoms with van der Waals surface area (Å²) in [5.41, 5.74) is 2.01. The number of hydrogen-bond acceptors (Lipinski definition) is 3. The Kier molecular flexibility index (Phi) is 5.56. The molecule has 0 spiro atoms. The van der Waals surface area contributed by atoms with Crippen molar-refractivity contribution in [2.24, 2.45) is 4.99 Å². The second kappa shape index (κ2) is 8.31. The van der Waals surface area contributed by atoms with Gasteiger partial charge in [0.15, 0.2) is 6.17 Å². The number of benzene rings is 3. The number of halogens is 3. The molecule has 4 rings (SSSR count). The molecule has 156 valence electrons. The lowest BCUT2D eigenvalue weighted by Gasteiger charge is -2.16. The Morgan fingerprint density at radius 3 is 2.42 bits per heavy atom. The first-order valence-electron chi connectivity index (χ1n) is 9.34. The largest absolute Gasteiger partial charge is 0.416 e. The summed E-state index contributed by atoms with van der Waals surface area (Å²) in [6.45, 7) is 0. The number of carbonyl (C=O) groups excluding carboxylic acids is 1. The van der Waals surface area contributed by atoms with Gasteiger partial charge in [0.2, 0.25) is 0 Å². The van der Waals surface area contributed by atoms with E-state index in [1.807, 2.05) is 42.5 Å². The molecular formula is C23H16F3N3OS. The van der Waals surface area contributed by atoms with E-state index < -0.39 is 23.8 Å². The van der Waals surface area contributed by atoms with Gasteiger partial charge in [-0.05, 0) is 18.2 Å². The summed E-state index contributed by atoms with van der Waals surface area (Å²) >= 11 is 5.30. The predicted octanol–water partition coefficient (Wildman–Crippen LogP) is 4.79. The highest BCUT2D eigenvalue weighted by atomic mass is 32.1. The molecule has 1 amide bonds. The zero-order valence-corrected chi connectivity index (χ0v) is 16.8. The van der Waals surface area contributed by atoms with Gasteiger partial charge in [0.05, 0.1) is 17.0 Å². The topological polar surface area (TPSA) is 53.5 Å². The van der Waals surface area contributed by atoms with Gasteiger partial charge in [0, 0.05) is 16.7 Å². The molecule has 8 heteroatoms. The summed E-state index contributed by atoms with van der Waals surface area (Å²) in [5.74, 6) is -0.465. The highest BCUT2D eigenvalue weighted by molar-refractivity contribution is 7.80. The molecule has 2 N–H and O–H groups in total. The maximum Gasteiger partial charge on any atom is 0.416 e. The minimum absolute atomic E-state index is 0.00614. The maximum absolute atomic E-state index is 13.0. The fourth-order valence-electron chi connectivity index (χ4n) is 3.23. The van der Waals surface area contributed by atoms with E-state index in [1.165, 1.54) is 12.1 Å². The molecule has 1 unspecified atom stereocenters. The number of para-hydroxylation sites is 1. The zero-order valence-electron chi connectivity index (χ0n) is 16.0. The van der Waals surface area contributed by atoms with Crippen LogP contribution in [0, 0.1) is 0 Å². The van der Waals surface area contributed by atoms with Crippen molar-refractivity contribution in [2.75, 3.05) is 5.32 Å². The minimum Gasteiger partial charge on any atom is -0.347 e. The third-order valence-electron chi connectivity index (χ3n) is 4.71. The first-order chi connectivity index (χ1) is 14.8. The van der Waals surface area contributed by atoms with Crippen LogP contribution in [0.1, 0.15) is 22.3 Å². The second-order valence-electron chi connectivity index (χ2n) is 6.83. The monoisotopic (exact) mass is 439 g/mol. The average Bonchev–Trinajstić information content (AvgIpc) is 2.90. The molecule has 4 nitrogen and oxygen atoms in total. The Labute approximate surface area is 181 Å². The highest BCUT2D eigenvalue weighted by Gasteiger charge is 2.31. The first-order valence-corrected chi connectivity index (χ1v) is 9.75. The number of aliphatic imine (C=N–C) groups is 1. The van der Waals surface area contributed by atoms with Crippen molar-refractivity contribution in [3.63, 3.8) is 0 Å². The summed E-state index contributed by atoms with van der Waals surface area (Å²) in [6.07, 6.45) is -5.62. The van der Waals surface area contributed by atoms with E-state index in [4.69, 9.17) is 12.2 Å². The quantitative estimate of drug-likeness (QED) is 0.578. The third kappa shape index (κ3) is 4.49. The summed E-state index contributed by atoms with van der Waals surface area (Å²) in [6, 6.07) is 21.2. The SMILES string of the molecule is O=C1Nc2ccccc2C(c2ccccc2)=NC1NC(=S)c1cccc(C(F)(F)F)c1. The molecule has 31 heavy (non-hydrogen) atoms. The van der Waals surface area contributed by atoms with Gasteiger partial charge in [-0.15, -0.1) is 0 Å². The molecule has 1 aliphatic rings. The van der Waals surface area contributed by atoms with Crippen LogP contribution in [0.15, 0.2) is 83.9 Å². The number of hydrogen-bond donors (Lipinski definition) is 2. The molecule has 0 fully saturated rings. The Balaban J connectivity index is 1.70. The lowest BCUT2D eigenvalue weighted by Crippen LogP contribution is -2.42. The Hall–Kier alpha value is -3.52. The number of alkyl halides is 3. The molecule has 1 heterocycles. The fraction of sp³-hybridized carbons (Fsp3) is 0.0870. The van der Waals surface area contributed by atoms with Gasteiger partial charge in [-0.1, -0.05) is 72.9 Å². The van der Waals surface area contributed by atoms with Crippen LogP contribution in [-0.2, 0) is 11.0 Å². The van der Waals surface area contributed by atoms with E-state index in [-0.39, 0.29) is 10.6 Å². The van der Waals surface area contributed by atoms with E-state index in [1.54, 1.807) is 12.1 Å². The molecule has 1 aliphatic heterocycles. The van der Waals surface area contributed by atoms with Crippen LogP contribution in [0.5, 0.6) is 0 Å². The molecule has 3 aromatic carbocycles. The molecule has 0 bridgehead atoms. The van der Waals surface area contributed by atoms with E-state index >= 15 is 0 Å². The number of rotatable bonds is 3. The number of nitrogens with one attached hydrogen (secondary N) is 2. The fourth-order valence-corrected chi connectivity index (χ4v) is 3.46. The van der Waals surface area contributed by atoms with Crippen LogP contribution in [-0.4, -0.2) is 22.8 Å². The molecular weight excluding hydrogens is 423 g/mol. The lowest BCUT2D eigenvalue weighted by molar-refractivity contribution is -0.137. The van der Waals surface area contributed by atoms with Crippen molar-refractivity contribution in [1.29, 1.82) is 0 Å². The van der Waals surface area contributed by atoms with Gasteiger partial charge in [0.1, 0.15) is 4.99 Å². The number of anilines is 1. The number of nitrogens with zero attached hydrogens (tertiary/aromatic N) is 1. The van der Waals surface area contributed by atoms with E-state index in [0.717, 1.165) is 23.3 Å².